The number of carbonyl (C=O) groups is 2. The highest BCUT2D eigenvalue weighted by molar-refractivity contribution is 5.94. The molecule has 0 aromatic heterocycles. The zero-order valence-electron chi connectivity index (χ0n) is 19.1. The molecule has 2 N–H and O–H groups in total. The van der Waals surface area contributed by atoms with Crippen molar-refractivity contribution in [1.82, 2.24) is 10.2 Å². The van der Waals surface area contributed by atoms with Crippen molar-refractivity contribution in [3.05, 3.63) is 78.4 Å². The lowest BCUT2D eigenvalue weighted by atomic mass is 9.57. The third-order valence-corrected chi connectivity index (χ3v) is 7.11. The van der Waals surface area contributed by atoms with Gasteiger partial charge in [0.1, 0.15) is 11.9 Å². The number of likely N-dealkylation sites (tertiary alicyclic amines) is 1. The number of carbonyl (C=O) groups excluding carboxylic acids is 2. The van der Waals surface area contributed by atoms with Crippen LogP contribution < -0.4 is 5.32 Å². The first kappa shape index (κ1) is 23.1. The van der Waals surface area contributed by atoms with Gasteiger partial charge in [0.25, 0.3) is 5.91 Å². The Balaban J connectivity index is 1.70. The topological polar surface area (TPSA) is 78.9 Å². The lowest BCUT2D eigenvalue weighted by molar-refractivity contribution is -0.157. The summed E-state index contributed by atoms with van der Waals surface area (Å²) >= 11 is 0. The zero-order valence-corrected chi connectivity index (χ0v) is 19.1. The van der Waals surface area contributed by atoms with E-state index in [9.17, 15) is 14.7 Å². The number of amides is 1. The van der Waals surface area contributed by atoms with Gasteiger partial charge in [0.05, 0.1) is 0 Å². The molecule has 2 aromatic carbocycles. The van der Waals surface area contributed by atoms with Crippen LogP contribution in [-0.4, -0.2) is 53.7 Å². The number of benzene rings is 2. The number of rotatable bonds is 6. The van der Waals surface area contributed by atoms with Gasteiger partial charge in [-0.3, -0.25) is 14.5 Å². The molecule has 0 radical (unpaired) electrons. The maximum atomic E-state index is 13.0. The van der Waals surface area contributed by atoms with Crippen LogP contribution in [0.1, 0.15) is 42.1 Å². The minimum absolute atomic E-state index is 0.0433. The fourth-order valence-corrected chi connectivity index (χ4v) is 5.73. The second kappa shape index (κ2) is 9.79. The van der Waals surface area contributed by atoms with Gasteiger partial charge in [-0.15, -0.1) is 6.58 Å². The summed E-state index contributed by atoms with van der Waals surface area (Å²) in [6.45, 7) is 7.72. The second-order valence-corrected chi connectivity index (χ2v) is 9.24. The average molecular weight is 449 g/mol. The van der Waals surface area contributed by atoms with E-state index in [0.29, 0.717) is 12.0 Å². The van der Waals surface area contributed by atoms with Gasteiger partial charge >= 0.3 is 5.97 Å². The van der Waals surface area contributed by atoms with Crippen molar-refractivity contribution in [2.75, 3.05) is 19.6 Å². The molecule has 2 aromatic rings. The molecule has 6 heteroatoms. The standard InChI is InChI=1S/C27H32N2O4/c1-3-13-29-14-12-27(21-10-7-11-23(31)15-21)17-22(16-25(24(27)18-29)33-19(2)30)28-26(32)20-8-5-4-6-9-20/h3-11,15,22,24-25,31H,1,12-14,16-18H2,2H3,(H,28,32)/t22-,24?,25?,27?/m1/s1. The Morgan fingerprint density at radius 3 is 2.73 bits per heavy atom. The van der Waals surface area contributed by atoms with Gasteiger partial charge in [0.2, 0.25) is 0 Å². The summed E-state index contributed by atoms with van der Waals surface area (Å²) in [6, 6.07) is 16.4. The second-order valence-electron chi connectivity index (χ2n) is 9.24. The van der Waals surface area contributed by atoms with Crippen molar-refractivity contribution >= 4 is 11.9 Å². The lowest BCUT2D eigenvalue weighted by Crippen LogP contribution is -2.61. The number of ether oxygens (including phenoxy) is 1. The first-order chi connectivity index (χ1) is 15.9. The highest BCUT2D eigenvalue weighted by Gasteiger charge is 2.53. The fraction of sp³-hybridized carbons (Fsp3) is 0.407. The maximum absolute atomic E-state index is 13.0. The van der Waals surface area contributed by atoms with Gasteiger partial charge in [0.15, 0.2) is 0 Å². The van der Waals surface area contributed by atoms with E-state index in [1.807, 2.05) is 42.5 Å². The molecule has 1 saturated heterocycles. The highest BCUT2D eigenvalue weighted by Crippen LogP contribution is 2.50. The van der Waals surface area contributed by atoms with Crippen molar-refractivity contribution in [3.63, 3.8) is 0 Å². The summed E-state index contributed by atoms with van der Waals surface area (Å²) in [4.78, 5) is 27.3. The molecule has 1 aliphatic heterocycles. The molecule has 6 nitrogen and oxygen atoms in total. The number of phenols is 1. The van der Waals surface area contributed by atoms with Crippen molar-refractivity contribution < 1.29 is 19.4 Å². The Kier molecular flexibility index (Phi) is 6.84. The van der Waals surface area contributed by atoms with Crippen LogP contribution in [0.25, 0.3) is 0 Å². The Labute approximate surface area is 195 Å². The summed E-state index contributed by atoms with van der Waals surface area (Å²) < 4.78 is 5.88. The molecule has 0 bridgehead atoms. The van der Waals surface area contributed by atoms with Gasteiger partial charge in [-0.25, -0.2) is 0 Å². The fourth-order valence-electron chi connectivity index (χ4n) is 5.73. The lowest BCUT2D eigenvalue weighted by Gasteiger charge is -2.55. The molecule has 1 heterocycles. The Bertz CT molecular complexity index is 1010. The van der Waals surface area contributed by atoms with E-state index in [2.05, 4.69) is 16.8 Å². The summed E-state index contributed by atoms with van der Waals surface area (Å²) in [5.41, 5.74) is 1.31. The SMILES string of the molecule is C=CCN1CCC2(c3cccc(O)c3)C[C@H](NC(=O)c3ccccc3)CC(OC(C)=O)C2C1. The van der Waals surface area contributed by atoms with Crippen LogP contribution in [-0.2, 0) is 14.9 Å². The van der Waals surface area contributed by atoms with Crippen LogP contribution >= 0.6 is 0 Å². The van der Waals surface area contributed by atoms with E-state index in [0.717, 1.165) is 38.0 Å². The molecule has 3 unspecified atom stereocenters. The predicted molar refractivity (Wildman–Crippen MR) is 127 cm³/mol. The van der Waals surface area contributed by atoms with E-state index in [1.165, 1.54) is 6.92 Å². The normalized spacial score (nSPS) is 27.2. The zero-order chi connectivity index (χ0) is 23.4. The Morgan fingerprint density at radius 1 is 1.24 bits per heavy atom. The molecule has 4 atom stereocenters. The van der Waals surface area contributed by atoms with Crippen LogP contribution in [0.3, 0.4) is 0 Å². The molecule has 1 aliphatic carbocycles. The van der Waals surface area contributed by atoms with Crippen LogP contribution in [0.5, 0.6) is 5.75 Å². The average Bonchev–Trinajstić information content (AvgIpc) is 2.80. The third-order valence-electron chi connectivity index (χ3n) is 7.11. The summed E-state index contributed by atoms with van der Waals surface area (Å²) in [5, 5.41) is 13.5. The van der Waals surface area contributed by atoms with Crippen LogP contribution in [0.15, 0.2) is 67.3 Å². The Morgan fingerprint density at radius 2 is 2.03 bits per heavy atom. The number of hydrogen-bond acceptors (Lipinski definition) is 5. The van der Waals surface area contributed by atoms with Gasteiger partial charge in [-0.1, -0.05) is 36.4 Å². The molecular formula is C27H32N2O4. The van der Waals surface area contributed by atoms with Gasteiger partial charge < -0.3 is 15.2 Å². The van der Waals surface area contributed by atoms with Crippen molar-refractivity contribution in [3.8, 4) is 5.75 Å². The number of phenolic OH excluding ortho intramolecular Hbond substituents is 1. The maximum Gasteiger partial charge on any atom is 0.302 e. The molecule has 0 spiro atoms. The van der Waals surface area contributed by atoms with Gasteiger partial charge in [0, 0.05) is 49.4 Å². The van der Waals surface area contributed by atoms with Crippen molar-refractivity contribution in [1.29, 1.82) is 0 Å². The molecule has 1 saturated carbocycles. The van der Waals surface area contributed by atoms with E-state index < -0.39 is 0 Å². The number of aromatic hydroxyl groups is 1. The third kappa shape index (κ3) is 4.96. The van der Waals surface area contributed by atoms with E-state index in [-0.39, 0.29) is 41.1 Å². The van der Waals surface area contributed by atoms with Crippen LogP contribution in [0.4, 0.5) is 0 Å². The predicted octanol–water partition coefficient (Wildman–Crippen LogP) is 3.66. The monoisotopic (exact) mass is 448 g/mol. The quantitative estimate of drug-likeness (QED) is 0.521. The minimum atomic E-state index is -0.340. The molecule has 174 valence electrons. The smallest absolute Gasteiger partial charge is 0.302 e. The number of piperidine rings is 1. The number of nitrogens with one attached hydrogen (secondary N) is 1. The summed E-state index contributed by atoms with van der Waals surface area (Å²) in [5.74, 6) is -0.188. The van der Waals surface area contributed by atoms with E-state index in [1.54, 1.807) is 18.2 Å². The molecule has 2 fully saturated rings. The molecule has 1 amide bonds. The highest BCUT2D eigenvalue weighted by atomic mass is 16.5. The first-order valence-electron chi connectivity index (χ1n) is 11.6. The number of nitrogens with zero attached hydrogens (tertiary/aromatic N) is 1. The molecular weight excluding hydrogens is 416 g/mol. The Hall–Kier alpha value is -3.12. The van der Waals surface area contributed by atoms with Crippen LogP contribution in [0, 0.1) is 5.92 Å². The van der Waals surface area contributed by atoms with Crippen molar-refractivity contribution in [2.45, 2.75) is 43.7 Å². The summed E-state index contributed by atoms with van der Waals surface area (Å²) in [6.07, 6.45) is 3.68. The van der Waals surface area contributed by atoms with Crippen molar-refractivity contribution in [2.24, 2.45) is 5.92 Å². The molecule has 2 aliphatic rings. The van der Waals surface area contributed by atoms with E-state index in [4.69, 9.17) is 4.74 Å². The number of hydrogen-bond donors (Lipinski definition) is 2. The van der Waals surface area contributed by atoms with Crippen LogP contribution in [0.2, 0.25) is 0 Å². The first-order valence-corrected chi connectivity index (χ1v) is 11.6. The largest absolute Gasteiger partial charge is 0.508 e. The van der Waals surface area contributed by atoms with Gasteiger partial charge in [-0.05, 0) is 49.2 Å². The number of fused-ring (bicyclic) bond motifs is 1. The number of esters is 1. The van der Waals surface area contributed by atoms with Gasteiger partial charge in [-0.2, -0.15) is 0 Å². The molecule has 4 rings (SSSR count). The molecule has 33 heavy (non-hydrogen) atoms. The summed E-state index contributed by atoms with van der Waals surface area (Å²) in [7, 11) is 0. The van der Waals surface area contributed by atoms with E-state index >= 15 is 0 Å². The minimum Gasteiger partial charge on any atom is -0.508 e.